The Kier molecular flexibility index (Phi) is 4.66. The van der Waals surface area contributed by atoms with E-state index in [0.717, 1.165) is 16.9 Å². The Morgan fingerprint density at radius 2 is 1.84 bits per heavy atom. The predicted octanol–water partition coefficient (Wildman–Crippen LogP) is 3.87. The van der Waals surface area contributed by atoms with Gasteiger partial charge >= 0.3 is 0 Å². The first-order valence-electron chi connectivity index (χ1n) is 5.59. The second-order valence-corrected chi connectivity index (χ2v) is 4.72. The molecule has 2 N–H and O–H groups in total. The van der Waals surface area contributed by atoms with Gasteiger partial charge in [-0.2, -0.15) is 5.10 Å². The molecule has 0 spiro atoms. The molecular weight excluding hydrogens is 283 g/mol. The fraction of sp³-hybridized carbons (Fsp3) is 0.0714. The van der Waals surface area contributed by atoms with Crippen LogP contribution >= 0.6 is 23.2 Å². The maximum absolute atomic E-state index is 6.07. The van der Waals surface area contributed by atoms with Gasteiger partial charge in [0.25, 0.3) is 0 Å². The van der Waals surface area contributed by atoms with Crippen molar-refractivity contribution in [2.75, 3.05) is 0 Å². The highest BCUT2D eigenvalue weighted by Gasteiger charge is 2.02. The van der Waals surface area contributed by atoms with Gasteiger partial charge in [0.15, 0.2) is 0 Å². The van der Waals surface area contributed by atoms with Gasteiger partial charge in [-0.15, -0.1) is 0 Å². The minimum absolute atomic E-state index is 0.389. The molecule has 5 heteroatoms. The molecule has 0 radical (unpaired) electrons. The number of ether oxygens (including phenoxy) is 1. The summed E-state index contributed by atoms with van der Waals surface area (Å²) in [6.45, 7) is 0.389. The zero-order chi connectivity index (χ0) is 13.7. The lowest BCUT2D eigenvalue weighted by molar-refractivity contribution is 0.306. The highest BCUT2D eigenvalue weighted by atomic mass is 35.5. The molecule has 0 aliphatic rings. The van der Waals surface area contributed by atoms with Crippen LogP contribution in [-0.2, 0) is 6.61 Å². The lowest BCUT2D eigenvalue weighted by Crippen LogP contribution is -1.96. The summed E-state index contributed by atoms with van der Waals surface area (Å²) in [5.41, 5.74) is 1.80. The highest BCUT2D eigenvalue weighted by Crippen LogP contribution is 2.22. The third-order valence-corrected chi connectivity index (χ3v) is 3.10. The van der Waals surface area contributed by atoms with Crippen molar-refractivity contribution in [3.8, 4) is 5.75 Å². The summed E-state index contributed by atoms with van der Waals surface area (Å²) in [6.07, 6.45) is 1.57. The van der Waals surface area contributed by atoms with Crippen molar-refractivity contribution in [1.29, 1.82) is 0 Å². The summed E-state index contributed by atoms with van der Waals surface area (Å²) in [5, 5.41) is 4.66. The molecule has 0 amide bonds. The maximum atomic E-state index is 6.07. The monoisotopic (exact) mass is 294 g/mol. The van der Waals surface area contributed by atoms with Crippen LogP contribution in [0.4, 0.5) is 0 Å². The first-order chi connectivity index (χ1) is 9.19. The molecule has 0 bridgehead atoms. The van der Waals surface area contributed by atoms with Crippen molar-refractivity contribution in [2.24, 2.45) is 10.9 Å². The minimum Gasteiger partial charge on any atom is -0.489 e. The summed E-state index contributed by atoms with van der Waals surface area (Å²) < 4.78 is 5.64. The minimum atomic E-state index is 0.389. The number of halogens is 2. The smallest absolute Gasteiger partial charge is 0.119 e. The van der Waals surface area contributed by atoms with E-state index in [1.165, 1.54) is 0 Å². The van der Waals surface area contributed by atoms with Crippen LogP contribution in [0.5, 0.6) is 5.75 Å². The Morgan fingerprint density at radius 3 is 2.47 bits per heavy atom. The zero-order valence-electron chi connectivity index (χ0n) is 10.0. The summed E-state index contributed by atoms with van der Waals surface area (Å²) in [4.78, 5) is 0. The summed E-state index contributed by atoms with van der Waals surface area (Å²) in [6, 6.07) is 12.8. The third kappa shape index (κ3) is 3.88. The Hall–Kier alpha value is -1.71. The van der Waals surface area contributed by atoms with Crippen molar-refractivity contribution in [1.82, 2.24) is 0 Å². The van der Waals surface area contributed by atoms with Gasteiger partial charge in [-0.05, 0) is 42.0 Å². The van der Waals surface area contributed by atoms with Gasteiger partial charge < -0.3 is 10.6 Å². The Morgan fingerprint density at radius 1 is 1.11 bits per heavy atom. The molecule has 0 heterocycles. The van der Waals surface area contributed by atoms with Crippen molar-refractivity contribution in [3.63, 3.8) is 0 Å². The standard InChI is InChI=1S/C14H12Cl2N2O/c15-12-4-3-11(14(16)7-12)9-19-13-5-1-10(2-6-13)8-18-17/h1-8H,9,17H2. The van der Waals surface area contributed by atoms with Crippen molar-refractivity contribution < 1.29 is 4.74 Å². The molecular formula is C14H12Cl2N2O. The lowest BCUT2D eigenvalue weighted by Gasteiger charge is -2.08. The van der Waals surface area contributed by atoms with Crippen LogP contribution in [0.25, 0.3) is 0 Å². The van der Waals surface area contributed by atoms with Crippen molar-refractivity contribution in [3.05, 3.63) is 63.6 Å². The number of nitrogens with two attached hydrogens (primary N) is 1. The average molecular weight is 295 g/mol. The number of hydrogen-bond acceptors (Lipinski definition) is 3. The van der Waals surface area contributed by atoms with Gasteiger partial charge in [0.05, 0.1) is 6.21 Å². The molecule has 19 heavy (non-hydrogen) atoms. The number of nitrogens with zero attached hydrogens (tertiary/aromatic N) is 1. The summed E-state index contributed by atoms with van der Waals surface area (Å²) >= 11 is 11.9. The molecule has 0 saturated carbocycles. The van der Waals surface area contributed by atoms with Gasteiger partial charge in [0.2, 0.25) is 0 Å². The van der Waals surface area contributed by atoms with E-state index in [2.05, 4.69) is 5.10 Å². The summed E-state index contributed by atoms with van der Waals surface area (Å²) in [7, 11) is 0. The van der Waals surface area contributed by atoms with Gasteiger partial charge in [0.1, 0.15) is 12.4 Å². The predicted molar refractivity (Wildman–Crippen MR) is 79.0 cm³/mol. The lowest BCUT2D eigenvalue weighted by atomic mass is 10.2. The second-order valence-electron chi connectivity index (χ2n) is 3.87. The Bertz CT molecular complexity index is 582. The number of hydrogen-bond donors (Lipinski definition) is 1. The van der Waals surface area contributed by atoms with E-state index in [-0.39, 0.29) is 0 Å². The van der Waals surface area contributed by atoms with E-state index < -0.39 is 0 Å². The number of hydrazone groups is 1. The van der Waals surface area contributed by atoms with E-state index in [0.29, 0.717) is 16.7 Å². The molecule has 0 aliphatic carbocycles. The fourth-order valence-corrected chi connectivity index (χ4v) is 2.00. The van der Waals surface area contributed by atoms with Crippen LogP contribution < -0.4 is 10.6 Å². The van der Waals surface area contributed by atoms with E-state index in [1.807, 2.05) is 30.3 Å². The van der Waals surface area contributed by atoms with Gasteiger partial charge in [-0.1, -0.05) is 29.3 Å². The van der Waals surface area contributed by atoms with Gasteiger partial charge in [-0.3, -0.25) is 0 Å². The third-order valence-electron chi connectivity index (χ3n) is 2.51. The Balaban J connectivity index is 2.02. The van der Waals surface area contributed by atoms with Crippen LogP contribution in [0, 0.1) is 0 Å². The molecule has 0 unspecified atom stereocenters. The molecule has 0 aromatic heterocycles. The van der Waals surface area contributed by atoms with E-state index in [1.54, 1.807) is 18.3 Å². The van der Waals surface area contributed by atoms with Crippen LogP contribution in [0.2, 0.25) is 10.0 Å². The van der Waals surface area contributed by atoms with Gasteiger partial charge in [-0.25, -0.2) is 0 Å². The molecule has 0 aliphatic heterocycles. The van der Waals surface area contributed by atoms with E-state index >= 15 is 0 Å². The normalized spacial score (nSPS) is 10.8. The van der Waals surface area contributed by atoms with Gasteiger partial charge in [0, 0.05) is 15.6 Å². The SMILES string of the molecule is NN=Cc1ccc(OCc2ccc(Cl)cc2Cl)cc1. The first-order valence-corrected chi connectivity index (χ1v) is 6.34. The highest BCUT2D eigenvalue weighted by molar-refractivity contribution is 6.35. The van der Waals surface area contributed by atoms with Crippen molar-refractivity contribution >= 4 is 29.4 Å². The van der Waals surface area contributed by atoms with Crippen molar-refractivity contribution in [2.45, 2.75) is 6.61 Å². The first kappa shape index (κ1) is 13.7. The molecule has 0 saturated heterocycles. The van der Waals surface area contributed by atoms with Crippen LogP contribution in [0.15, 0.2) is 47.6 Å². The van der Waals surface area contributed by atoms with E-state index in [4.69, 9.17) is 33.8 Å². The zero-order valence-corrected chi connectivity index (χ0v) is 11.5. The number of benzene rings is 2. The topological polar surface area (TPSA) is 47.6 Å². The molecule has 0 atom stereocenters. The van der Waals surface area contributed by atoms with Crippen LogP contribution in [0.1, 0.15) is 11.1 Å². The molecule has 2 rings (SSSR count). The molecule has 0 fully saturated rings. The molecule has 2 aromatic carbocycles. The largest absolute Gasteiger partial charge is 0.489 e. The molecule has 2 aromatic rings. The Labute approximate surface area is 121 Å². The second kappa shape index (κ2) is 6.45. The van der Waals surface area contributed by atoms with Crippen LogP contribution in [0.3, 0.4) is 0 Å². The molecule has 3 nitrogen and oxygen atoms in total. The van der Waals surface area contributed by atoms with Crippen LogP contribution in [-0.4, -0.2) is 6.21 Å². The molecule has 98 valence electrons. The number of rotatable bonds is 4. The quantitative estimate of drug-likeness (QED) is 0.529. The average Bonchev–Trinajstić information content (AvgIpc) is 2.40. The fourth-order valence-electron chi connectivity index (χ4n) is 1.54. The summed E-state index contributed by atoms with van der Waals surface area (Å²) in [5.74, 6) is 5.83. The van der Waals surface area contributed by atoms with E-state index in [9.17, 15) is 0 Å². The maximum Gasteiger partial charge on any atom is 0.119 e.